The van der Waals surface area contributed by atoms with E-state index in [1.807, 2.05) is 45.0 Å². The third-order valence-electron chi connectivity index (χ3n) is 3.42. The number of hydrogen-bond acceptors (Lipinski definition) is 4. The van der Waals surface area contributed by atoms with Gasteiger partial charge in [-0.05, 0) is 32.8 Å². The molecule has 0 spiro atoms. The predicted molar refractivity (Wildman–Crippen MR) is 92.7 cm³/mol. The van der Waals surface area contributed by atoms with E-state index in [-0.39, 0.29) is 12.1 Å². The first-order chi connectivity index (χ1) is 10.7. The van der Waals surface area contributed by atoms with Crippen molar-refractivity contribution < 1.29 is 14.3 Å². The number of benzene rings is 1. The first-order valence-electron chi connectivity index (χ1n) is 8.05. The van der Waals surface area contributed by atoms with Crippen LogP contribution in [0.1, 0.15) is 40.2 Å². The SMILES string of the molecule is COc1ccccc1CNC(CNC(=O)OC(C)(C)C)C(C)C. The molecule has 0 aromatic heterocycles. The maximum absolute atomic E-state index is 11.8. The van der Waals surface area contributed by atoms with Gasteiger partial charge in [0.15, 0.2) is 0 Å². The van der Waals surface area contributed by atoms with Crippen molar-refractivity contribution in [3.63, 3.8) is 0 Å². The van der Waals surface area contributed by atoms with Crippen molar-refractivity contribution in [2.24, 2.45) is 5.92 Å². The van der Waals surface area contributed by atoms with Gasteiger partial charge >= 0.3 is 6.09 Å². The highest BCUT2D eigenvalue weighted by Gasteiger charge is 2.19. The lowest BCUT2D eigenvalue weighted by molar-refractivity contribution is 0.0519. The van der Waals surface area contributed by atoms with Crippen LogP contribution >= 0.6 is 0 Å². The second kappa shape index (κ2) is 8.77. The van der Waals surface area contributed by atoms with Gasteiger partial charge in [-0.1, -0.05) is 32.0 Å². The molecular formula is C18H30N2O3. The lowest BCUT2D eigenvalue weighted by Gasteiger charge is -2.25. The lowest BCUT2D eigenvalue weighted by atomic mass is 10.0. The summed E-state index contributed by atoms with van der Waals surface area (Å²) in [5.74, 6) is 1.24. The van der Waals surface area contributed by atoms with E-state index in [1.54, 1.807) is 7.11 Å². The van der Waals surface area contributed by atoms with Crippen LogP contribution in [0.3, 0.4) is 0 Å². The van der Waals surface area contributed by atoms with Crippen LogP contribution in [0.4, 0.5) is 4.79 Å². The molecule has 0 aliphatic heterocycles. The molecule has 0 saturated heterocycles. The molecule has 130 valence electrons. The van der Waals surface area contributed by atoms with Crippen LogP contribution in [0.15, 0.2) is 24.3 Å². The molecule has 5 heteroatoms. The maximum atomic E-state index is 11.8. The third kappa shape index (κ3) is 7.37. The summed E-state index contributed by atoms with van der Waals surface area (Å²) in [4.78, 5) is 11.8. The van der Waals surface area contributed by atoms with E-state index >= 15 is 0 Å². The number of para-hydroxylation sites is 1. The van der Waals surface area contributed by atoms with Crippen molar-refractivity contribution >= 4 is 6.09 Å². The van der Waals surface area contributed by atoms with E-state index in [1.165, 1.54) is 0 Å². The molecule has 0 heterocycles. The maximum Gasteiger partial charge on any atom is 0.407 e. The first-order valence-corrected chi connectivity index (χ1v) is 8.05. The van der Waals surface area contributed by atoms with Crippen LogP contribution in [0, 0.1) is 5.92 Å². The quantitative estimate of drug-likeness (QED) is 0.808. The second-order valence-electron chi connectivity index (χ2n) is 6.93. The fourth-order valence-electron chi connectivity index (χ4n) is 2.14. The Bertz CT molecular complexity index is 495. The van der Waals surface area contributed by atoms with Crippen LogP contribution < -0.4 is 15.4 Å². The molecule has 1 amide bonds. The Kier molecular flexibility index (Phi) is 7.36. The summed E-state index contributed by atoms with van der Waals surface area (Å²) in [5, 5.41) is 6.31. The zero-order valence-corrected chi connectivity index (χ0v) is 15.1. The van der Waals surface area contributed by atoms with E-state index < -0.39 is 5.60 Å². The van der Waals surface area contributed by atoms with E-state index in [0.29, 0.717) is 19.0 Å². The highest BCUT2D eigenvalue weighted by molar-refractivity contribution is 5.67. The number of nitrogens with one attached hydrogen (secondary N) is 2. The molecule has 0 aliphatic rings. The highest BCUT2D eigenvalue weighted by atomic mass is 16.6. The van der Waals surface area contributed by atoms with Crippen molar-refractivity contribution in [2.45, 2.75) is 52.8 Å². The molecule has 1 rings (SSSR count). The van der Waals surface area contributed by atoms with Crippen LogP contribution in [0.5, 0.6) is 5.75 Å². The molecule has 5 nitrogen and oxygen atoms in total. The van der Waals surface area contributed by atoms with Crippen LogP contribution in [0.2, 0.25) is 0 Å². The Morgan fingerprint density at radius 2 is 1.87 bits per heavy atom. The van der Waals surface area contributed by atoms with Crippen molar-refractivity contribution in [1.29, 1.82) is 0 Å². The Morgan fingerprint density at radius 3 is 2.43 bits per heavy atom. The number of amides is 1. The zero-order valence-electron chi connectivity index (χ0n) is 15.1. The minimum Gasteiger partial charge on any atom is -0.496 e. The molecule has 2 N–H and O–H groups in total. The topological polar surface area (TPSA) is 59.6 Å². The summed E-state index contributed by atoms with van der Waals surface area (Å²) >= 11 is 0. The molecule has 1 aromatic carbocycles. The first kappa shape index (κ1) is 19.3. The van der Waals surface area contributed by atoms with Crippen LogP contribution in [0.25, 0.3) is 0 Å². The number of methoxy groups -OCH3 is 1. The van der Waals surface area contributed by atoms with Crippen LogP contribution in [-0.4, -0.2) is 31.4 Å². The number of ether oxygens (including phenoxy) is 2. The van der Waals surface area contributed by atoms with Gasteiger partial charge in [-0.25, -0.2) is 4.79 Å². The molecule has 0 radical (unpaired) electrons. The van der Waals surface area contributed by atoms with E-state index in [2.05, 4.69) is 24.5 Å². The molecule has 0 bridgehead atoms. The normalized spacial score (nSPS) is 12.8. The van der Waals surface area contributed by atoms with Crippen molar-refractivity contribution in [2.75, 3.05) is 13.7 Å². The van der Waals surface area contributed by atoms with E-state index in [9.17, 15) is 4.79 Å². The predicted octanol–water partition coefficient (Wildman–Crippen LogP) is 3.33. The fraction of sp³-hybridized carbons (Fsp3) is 0.611. The zero-order chi connectivity index (χ0) is 17.5. The monoisotopic (exact) mass is 322 g/mol. The van der Waals surface area contributed by atoms with Gasteiger partial charge in [0.2, 0.25) is 0 Å². The van der Waals surface area contributed by atoms with Gasteiger partial charge in [0.25, 0.3) is 0 Å². The Labute approximate surface area is 139 Å². The molecule has 1 atom stereocenters. The molecule has 0 saturated carbocycles. The van der Waals surface area contributed by atoms with Crippen LogP contribution in [-0.2, 0) is 11.3 Å². The average Bonchev–Trinajstić information content (AvgIpc) is 2.45. The van der Waals surface area contributed by atoms with Crippen molar-refractivity contribution in [3.05, 3.63) is 29.8 Å². The van der Waals surface area contributed by atoms with Gasteiger partial charge in [-0.15, -0.1) is 0 Å². The molecular weight excluding hydrogens is 292 g/mol. The largest absolute Gasteiger partial charge is 0.496 e. The van der Waals surface area contributed by atoms with Gasteiger partial charge in [0, 0.05) is 24.7 Å². The van der Waals surface area contributed by atoms with E-state index in [4.69, 9.17) is 9.47 Å². The fourth-order valence-corrected chi connectivity index (χ4v) is 2.14. The lowest BCUT2D eigenvalue weighted by Crippen LogP contribution is -2.45. The smallest absolute Gasteiger partial charge is 0.407 e. The minimum atomic E-state index is -0.484. The molecule has 0 fully saturated rings. The summed E-state index contributed by atoms with van der Waals surface area (Å²) in [6.07, 6.45) is -0.387. The summed E-state index contributed by atoms with van der Waals surface area (Å²) in [6.45, 7) is 11.0. The molecule has 0 aliphatic carbocycles. The van der Waals surface area contributed by atoms with Gasteiger partial charge < -0.3 is 20.1 Å². The molecule has 23 heavy (non-hydrogen) atoms. The summed E-state index contributed by atoms with van der Waals surface area (Å²) in [7, 11) is 1.67. The summed E-state index contributed by atoms with van der Waals surface area (Å²) in [5.41, 5.74) is 0.611. The van der Waals surface area contributed by atoms with E-state index in [0.717, 1.165) is 11.3 Å². The summed E-state index contributed by atoms with van der Waals surface area (Å²) < 4.78 is 10.6. The average molecular weight is 322 g/mol. The number of carbonyl (C=O) groups excluding carboxylic acids is 1. The Balaban J connectivity index is 2.54. The van der Waals surface area contributed by atoms with Gasteiger partial charge in [0.05, 0.1) is 7.11 Å². The number of rotatable bonds is 7. The van der Waals surface area contributed by atoms with Crippen molar-refractivity contribution in [3.8, 4) is 5.75 Å². The third-order valence-corrected chi connectivity index (χ3v) is 3.42. The van der Waals surface area contributed by atoms with Gasteiger partial charge in [0.1, 0.15) is 11.4 Å². The molecule has 1 unspecified atom stereocenters. The van der Waals surface area contributed by atoms with Gasteiger partial charge in [-0.3, -0.25) is 0 Å². The number of alkyl carbamates (subject to hydrolysis) is 1. The Morgan fingerprint density at radius 1 is 1.22 bits per heavy atom. The standard InChI is InChI=1S/C18H30N2O3/c1-13(2)15(12-20-17(21)23-18(3,4)5)19-11-14-9-7-8-10-16(14)22-6/h7-10,13,15,19H,11-12H2,1-6H3,(H,20,21). The highest BCUT2D eigenvalue weighted by Crippen LogP contribution is 2.17. The summed E-state index contributed by atoms with van der Waals surface area (Å²) in [6, 6.07) is 8.06. The number of carbonyl (C=O) groups is 1. The van der Waals surface area contributed by atoms with Crippen molar-refractivity contribution in [1.82, 2.24) is 10.6 Å². The molecule has 1 aromatic rings. The number of hydrogen-bond donors (Lipinski definition) is 2. The minimum absolute atomic E-state index is 0.146. The Hall–Kier alpha value is -1.75. The van der Waals surface area contributed by atoms with Gasteiger partial charge in [-0.2, -0.15) is 0 Å². The second-order valence-corrected chi connectivity index (χ2v) is 6.93.